The van der Waals surface area contributed by atoms with Crippen molar-refractivity contribution in [3.8, 4) is 0 Å². The van der Waals surface area contributed by atoms with Crippen LogP contribution in [0.1, 0.15) is 41.0 Å². The summed E-state index contributed by atoms with van der Waals surface area (Å²) < 4.78 is 0. The van der Waals surface area contributed by atoms with Crippen LogP contribution in [0, 0.1) is 0 Å². The van der Waals surface area contributed by atoms with E-state index in [4.69, 9.17) is 5.73 Å². The molecule has 1 heteroatoms. The molecule has 0 amide bonds. The minimum atomic E-state index is 0.537. The quantitative estimate of drug-likeness (QED) is 0.869. The molecule has 1 aliphatic carbocycles. The zero-order chi connectivity index (χ0) is 12.4. The van der Waals surface area contributed by atoms with Gasteiger partial charge < -0.3 is 5.73 Å². The van der Waals surface area contributed by atoms with Crippen molar-refractivity contribution in [1.29, 1.82) is 0 Å². The monoisotopic (exact) mass is 237 g/mol. The molecule has 0 spiro atoms. The molecule has 0 aliphatic heterocycles. The minimum Gasteiger partial charge on any atom is -0.330 e. The summed E-state index contributed by atoms with van der Waals surface area (Å²) in [6.45, 7) is 0.779. The number of benzene rings is 2. The van der Waals surface area contributed by atoms with Crippen molar-refractivity contribution in [3.63, 3.8) is 0 Å². The first kappa shape index (κ1) is 11.5. The highest BCUT2D eigenvalue weighted by Crippen LogP contribution is 2.38. The molecule has 2 aromatic rings. The van der Waals surface area contributed by atoms with Crippen LogP contribution >= 0.6 is 0 Å². The van der Waals surface area contributed by atoms with Crippen molar-refractivity contribution in [2.24, 2.45) is 5.73 Å². The van der Waals surface area contributed by atoms with Crippen LogP contribution in [0.2, 0.25) is 0 Å². The van der Waals surface area contributed by atoms with Gasteiger partial charge >= 0.3 is 0 Å². The predicted molar refractivity (Wildman–Crippen MR) is 75.8 cm³/mol. The molecule has 2 N–H and O–H groups in total. The first-order valence-electron chi connectivity index (χ1n) is 6.76. The molecule has 18 heavy (non-hydrogen) atoms. The second-order valence-corrected chi connectivity index (χ2v) is 5.06. The molecule has 0 saturated carbocycles. The van der Waals surface area contributed by atoms with Crippen LogP contribution in [-0.2, 0) is 6.42 Å². The maximum Gasteiger partial charge on any atom is 0.00955 e. The van der Waals surface area contributed by atoms with E-state index in [1.54, 1.807) is 0 Å². The van der Waals surface area contributed by atoms with E-state index in [-0.39, 0.29) is 0 Å². The molecular weight excluding hydrogens is 218 g/mol. The fourth-order valence-corrected chi connectivity index (χ4v) is 3.08. The first-order chi connectivity index (χ1) is 8.90. The molecular formula is C17H19N. The van der Waals surface area contributed by atoms with Gasteiger partial charge in [0.1, 0.15) is 0 Å². The Labute approximate surface area is 109 Å². The van der Waals surface area contributed by atoms with Crippen LogP contribution in [-0.4, -0.2) is 6.54 Å². The summed E-state index contributed by atoms with van der Waals surface area (Å²) in [5.74, 6) is 0.537. The fourth-order valence-electron chi connectivity index (χ4n) is 3.08. The Morgan fingerprint density at radius 2 is 1.44 bits per heavy atom. The van der Waals surface area contributed by atoms with Crippen LogP contribution in [0.15, 0.2) is 48.5 Å². The number of nitrogens with two attached hydrogens (primary N) is 1. The van der Waals surface area contributed by atoms with Crippen molar-refractivity contribution in [2.45, 2.75) is 25.2 Å². The Hall–Kier alpha value is -1.60. The molecule has 0 heterocycles. The number of rotatable bonds is 3. The molecule has 92 valence electrons. The van der Waals surface area contributed by atoms with E-state index < -0.39 is 0 Å². The zero-order valence-corrected chi connectivity index (χ0v) is 10.6. The molecule has 2 aromatic carbocycles. The zero-order valence-electron chi connectivity index (χ0n) is 10.6. The predicted octanol–water partition coefficient (Wildman–Crippen LogP) is 3.46. The van der Waals surface area contributed by atoms with Crippen LogP contribution in [0.3, 0.4) is 0 Å². The summed E-state index contributed by atoms with van der Waals surface area (Å²) in [7, 11) is 0. The third-order valence-electron chi connectivity index (χ3n) is 3.94. The lowest BCUT2D eigenvalue weighted by atomic mass is 9.76. The van der Waals surface area contributed by atoms with E-state index in [9.17, 15) is 0 Å². The van der Waals surface area contributed by atoms with Gasteiger partial charge in [-0.25, -0.2) is 0 Å². The van der Waals surface area contributed by atoms with Crippen LogP contribution in [0.5, 0.6) is 0 Å². The second kappa shape index (κ2) is 4.95. The maximum absolute atomic E-state index is 5.69. The SMILES string of the molecule is NCCCC1c2ccccc2Cc2ccccc21. The molecule has 0 saturated heterocycles. The largest absolute Gasteiger partial charge is 0.330 e. The van der Waals surface area contributed by atoms with Crippen LogP contribution in [0.4, 0.5) is 0 Å². The van der Waals surface area contributed by atoms with E-state index >= 15 is 0 Å². The lowest BCUT2D eigenvalue weighted by Crippen LogP contribution is -2.14. The number of hydrogen-bond donors (Lipinski definition) is 1. The van der Waals surface area contributed by atoms with E-state index in [0.717, 1.165) is 25.8 Å². The summed E-state index contributed by atoms with van der Waals surface area (Å²) in [6.07, 6.45) is 3.32. The highest BCUT2D eigenvalue weighted by molar-refractivity contribution is 5.48. The van der Waals surface area contributed by atoms with Crippen molar-refractivity contribution in [3.05, 3.63) is 70.8 Å². The third kappa shape index (κ3) is 1.95. The Morgan fingerprint density at radius 3 is 2.00 bits per heavy atom. The minimum absolute atomic E-state index is 0.537. The number of hydrogen-bond acceptors (Lipinski definition) is 1. The Balaban J connectivity index is 2.05. The van der Waals surface area contributed by atoms with Gasteiger partial charge in [0.05, 0.1) is 0 Å². The maximum atomic E-state index is 5.69. The molecule has 0 fully saturated rings. The van der Waals surface area contributed by atoms with Gasteiger partial charge in [-0.3, -0.25) is 0 Å². The highest BCUT2D eigenvalue weighted by atomic mass is 14.5. The topological polar surface area (TPSA) is 26.0 Å². The van der Waals surface area contributed by atoms with Gasteiger partial charge in [-0.1, -0.05) is 48.5 Å². The molecule has 0 aromatic heterocycles. The van der Waals surface area contributed by atoms with Crippen LogP contribution < -0.4 is 5.73 Å². The number of fused-ring (bicyclic) bond motifs is 2. The van der Waals surface area contributed by atoms with Crippen LogP contribution in [0.25, 0.3) is 0 Å². The van der Waals surface area contributed by atoms with E-state index in [2.05, 4.69) is 48.5 Å². The van der Waals surface area contributed by atoms with Gasteiger partial charge in [0.2, 0.25) is 0 Å². The Kier molecular flexibility index (Phi) is 3.16. The molecule has 0 atom stereocenters. The first-order valence-corrected chi connectivity index (χ1v) is 6.76. The van der Waals surface area contributed by atoms with Crippen molar-refractivity contribution < 1.29 is 0 Å². The molecule has 1 aliphatic rings. The average molecular weight is 237 g/mol. The smallest absolute Gasteiger partial charge is 0.00955 e. The van der Waals surface area contributed by atoms with Gasteiger partial charge in [-0.15, -0.1) is 0 Å². The summed E-state index contributed by atoms with van der Waals surface area (Å²) >= 11 is 0. The molecule has 0 bridgehead atoms. The molecule has 1 nitrogen and oxygen atoms in total. The lowest BCUT2D eigenvalue weighted by molar-refractivity contribution is 0.650. The summed E-state index contributed by atoms with van der Waals surface area (Å²) in [6, 6.07) is 17.7. The van der Waals surface area contributed by atoms with Crippen molar-refractivity contribution in [2.75, 3.05) is 6.54 Å². The standard InChI is InChI=1S/C17H19N/c18-11-5-10-17-15-8-3-1-6-13(15)12-14-7-2-4-9-16(14)17/h1-4,6-9,17H,5,10-12,18H2. The molecule has 3 rings (SSSR count). The Bertz CT molecular complexity index is 499. The van der Waals surface area contributed by atoms with Crippen molar-refractivity contribution >= 4 is 0 Å². The molecule has 0 radical (unpaired) electrons. The summed E-state index contributed by atoms with van der Waals surface area (Å²) in [5, 5.41) is 0. The van der Waals surface area contributed by atoms with Gasteiger partial charge in [0.15, 0.2) is 0 Å². The highest BCUT2D eigenvalue weighted by Gasteiger charge is 2.23. The summed E-state index contributed by atoms with van der Waals surface area (Å²) in [5.41, 5.74) is 11.7. The van der Waals surface area contributed by atoms with Gasteiger partial charge in [-0.05, 0) is 48.1 Å². The third-order valence-corrected chi connectivity index (χ3v) is 3.94. The second-order valence-electron chi connectivity index (χ2n) is 5.06. The van der Waals surface area contributed by atoms with Gasteiger partial charge in [0.25, 0.3) is 0 Å². The fraction of sp³-hybridized carbons (Fsp3) is 0.294. The Morgan fingerprint density at radius 1 is 0.889 bits per heavy atom. The summed E-state index contributed by atoms with van der Waals surface area (Å²) in [4.78, 5) is 0. The van der Waals surface area contributed by atoms with Gasteiger partial charge in [0, 0.05) is 5.92 Å². The normalized spacial score (nSPS) is 14.1. The molecule has 0 unspecified atom stereocenters. The van der Waals surface area contributed by atoms with Crippen molar-refractivity contribution in [1.82, 2.24) is 0 Å². The van der Waals surface area contributed by atoms with Gasteiger partial charge in [-0.2, -0.15) is 0 Å². The van der Waals surface area contributed by atoms with E-state index in [1.807, 2.05) is 0 Å². The average Bonchev–Trinajstić information content (AvgIpc) is 2.43. The van der Waals surface area contributed by atoms with E-state index in [0.29, 0.717) is 5.92 Å². The lowest BCUT2D eigenvalue weighted by Gasteiger charge is -2.28. The van der Waals surface area contributed by atoms with E-state index in [1.165, 1.54) is 22.3 Å².